The van der Waals surface area contributed by atoms with Crippen LogP contribution in [0.1, 0.15) is 22.5 Å². The van der Waals surface area contributed by atoms with Crippen molar-refractivity contribution in [2.45, 2.75) is 18.9 Å². The SMILES string of the molecule is O=C(NCCCc1ccccn1)c1ccc(NC[C@@H]2COCCO2)nc1. The maximum Gasteiger partial charge on any atom is 0.252 e. The van der Waals surface area contributed by atoms with E-state index in [9.17, 15) is 4.79 Å². The Morgan fingerprint density at radius 2 is 2.15 bits per heavy atom. The van der Waals surface area contributed by atoms with Gasteiger partial charge in [-0.25, -0.2) is 4.98 Å². The van der Waals surface area contributed by atoms with E-state index < -0.39 is 0 Å². The number of hydrogen-bond donors (Lipinski definition) is 2. The summed E-state index contributed by atoms with van der Waals surface area (Å²) in [7, 11) is 0. The second kappa shape index (κ2) is 9.84. The van der Waals surface area contributed by atoms with Crippen molar-refractivity contribution in [3.8, 4) is 0 Å². The number of nitrogens with one attached hydrogen (secondary N) is 2. The smallest absolute Gasteiger partial charge is 0.252 e. The molecule has 1 fully saturated rings. The van der Waals surface area contributed by atoms with Crippen molar-refractivity contribution in [1.29, 1.82) is 0 Å². The zero-order chi connectivity index (χ0) is 18.0. The minimum Gasteiger partial charge on any atom is -0.376 e. The van der Waals surface area contributed by atoms with Gasteiger partial charge in [0, 0.05) is 31.2 Å². The molecule has 2 aromatic rings. The molecule has 0 saturated carbocycles. The van der Waals surface area contributed by atoms with E-state index in [1.54, 1.807) is 24.5 Å². The molecule has 0 spiro atoms. The average molecular weight is 356 g/mol. The number of ether oxygens (including phenoxy) is 2. The van der Waals surface area contributed by atoms with Crippen molar-refractivity contribution in [2.75, 3.05) is 38.2 Å². The molecular weight excluding hydrogens is 332 g/mol. The summed E-state index contributed by atoms with van der Waals surface area (Å²) >= 11 is 0. The van der Waals surface area contributed by atoms with Crippen LogP contribution in [-0.4, -0.2) is 54.9 Å². The highest BCUT2D eigenvalue weighted by Crippen LogP contribution is 2.07. The molecule has 0 unspecified atom stereocenters. The lowest BCUT2D eigenvalue weighted by atomic mass is 10.2. The summed E-state index contributed by atoms with van der Waals surface area (Å²) in [5.74, 6) is 0.597. The maximum absolute atomic E-state index is 12.1. The van der Waals surface area contributed by atoms with Gasteiger partial charge in [-0.2, -0.15) is 0 Å². The molecule has 2 N–H and O–H groups in total. The van der Waals surface area contributed by atoms with Gasteiger partial charge in [-0.1, -0.05) is 6.07 Å². The standard InChI is InChI=1S/C19H24N4O3/c24-19(21-9-3-5-16-4-1-2-8-20-16)15-6-7-18(22-12-15)23-13-17-14-25-10-11-26-17/h1-2,4,6-8,12,17H,3,5,9-11,13-14H2,(H,21,24)(H,22,23)/t17-/m1/s1. The van der Waals surface area contributed by atoms with E-state index in [1.807, 2.05) is 18.2 Å². The average Bonchev–Trinajstić information content (AvgIpc) is 2.71. The number of pyridine rings is 2. The Hall–Kier alpha value is -2.51. The van der Waals surface area contributed by atoms with Crippen LogP contribution in [0.3, 0.4) is 0 Å². The molecule has 1 amide bonds. The van der Waals surface area contributed by atoms with Crippen molar-refractivity contribution in [3.05, 3.63) is 54.0 Å². The Morgan fingerprint density at radius 1 is 1.19 bits per heavy atom. The predicted molar refractivity (Wildman–Crippen MR) is 98.2 cm³/mol. The summed E-state index contributed by atoms with van der Waals surface area (Å²) in [6.45, 7) is 3.10. The van der Waals surface area contributed by atoms with Gasteiger partial charge in [0.1, 0.15) is 5.82 Å². The summed E-state index contributed by atoms with van der Waals surface area (Å²) in [4.78, 5) is 20.7. The number of aryl methyl sites for hydroxylation is 1. The Morgan fingerprint density at radius 3 is 2.88 bits per heavy atom. The van der Waals surface area contributed by atoms with Gasteiger partial charge >= 0.3 is 0 Å². The lowest BCUT2D eigenvalue weighted by molar-refractivity contribution is -0.0819. The fourth-order valence-corrected chi connectivity index (χ4v) is 2.63. The monoisotopic (exact) mass is 356 g/mol. The molecule has 2 aromatic heterocycles. The minimum atomic E-state index is -0.117. The number of rotatable bonds is 8. The molecule has 0 radical (unpaired) electrons. The summed E-state index contributed by atoms with van der Waals surface area (Å²) < 4.78 is 10.9. The van der Waals surface area contributed by atoms with Crippen LogP contribution in [0.5, 0.6) is 0 Å². The van der Waals surface area contributed by atoms with Crippen molar-refractivity contribution in [2.24, 2.45) is 0 Å². The molecule has 1 saturated heterocycles. The van der Waals surface area contributed by atoms with Crippen LogP contribution in [-0.2, 0) is 15.9 Å². The zero-order valence-corrected chi connectivity index (χ0v) is 14.7. The maximum atomic E-state index is 12.1. The third-order valence-electron chi connectivity index (χ3n) is 4.04. The van der Waals surface area contributed by atoms with E-state index in [0.717, 1.165) is 18.5 Å². The Kier molecular flexibility index (Phi) is 6.92. The fraction of sp³-hybridized carbons (Fsp3) is 0.421. The molecule has 138 valence electrons. The number of carbonyl (C=O) groups is 1. The van der Waals surface area contributed by atoms with Gasteiger partial charge in [-0.15, -0.1) is 0 Å². The first kappa shape index (κ1) is 18.3. The van der Waals surface area contributed by atoms with E-state index in [1.165, 1.54) is 0 Å². The Balaban J connectivity index is 1.37. The molecule has 1 atom stereocenters. The van der Waals surface area contributed by atoms with Gasteiger partial charge in [-0.05, 0) is 37.1 Å². The lowest BCUT2D eigenvalue weighted by Gasteiger charge is -2.23. The van der Waals surface area contributed by atoms with Gasteiger partial charge in [0.05, 0.1) is 31.5 Å². The number of anilines is 1. The topological polar surface area (TPSA) is 85.4 Å². The first-order valence-electron chi connectivity index (χ1n) is 8.88. The predicted octanol–water partition coefficient (Wildman–Crippen LogP) is 1.67. The summed E-state index contributed by atoms with van der Waals surface area (Å²) in [6, 6.07) is 9.42. The second-order valence-corrected chi connectivity index (χ2v) is 6.06. The highest BCUT2D eigenvalue weighted by molar-refractivity contribution is 5.94. The van der Waals surface area contributed by atoms with Crippen LogP contribution in [0.15, 0.2) is 42.7 Å². The van der Waals surface area contributed by atoms with Gasteiger partial charge in [0.2, 0.25) is 0 Å². The van der Waals surface area contributed by atoms with Gasteiger partial charge in [0.25, 0.3) is 5.91 Å². The van der Waals surface area contributed by atoms with Crippen LogP contribution in [0.4, 0.5) is 5.82 Å². The van der Waals surface area contributed by atoms with Crippen LogP contribution < -0.4 is 10.6 Å². The molecule has 0 aromatic carbocycles. The molecule has 3 rings (SSSR count). The number of carbonyl (C=O) groups excluding carboxylic acids is 1. The van der Waals surface area contributed by atoms with E-state index in [4.69, 9.17) is 9.47 Å². The second-order valence-electron chi connectivity index (χ2n) is 6.06. The van der Waals surface area contributed by atoms with E-state index in [2.05, 4.69) is 20.6 Å². The Labute approximate surface area is 153 Å². The van der Waals surface area contributed by atoms with Crippen LogP contribution >= 0.6 is 0 Å². The molecule has 1 aliphatic heterocycles. The minimum absolute atomic E-state index is 0.0348. The molecule has 0 bridgehead atoms. The van der Waals surface area contributed by atoms with Crippen molar-refractivity contribution >= 4 is 11.7 Å². The molecule has 26 heavy (non-hydrogen) atoms. The van der Waals surface area contributed by atoms with Crippen LogP contribution in [0.2, 0.25) is 0 Å². The number of hydrogen-bond acceptors (Lipinski definition) is 6. The van der Waals surface area contributed by atoms with Crippen molar-refractivity contribution in [3.63, 3.8) is 0 Å². The van der Waals surface area contributed by atoms with E-state index >= 15 is 0 Å². The lowest BCUT2D eigenvalue weighted by Crippen LogP contribution is -2.34. The summed E-state index contributed by atoms with van der Waals surface area (Å²) in [5.41, 5.74) is 1.58. The van der Waals surface area contributed by atoms with Crippen molar-refractivity contribution < 1.29 is 14.3 Å². The Bertz CT molecular complexity index is 673. The van der Waals surface area contributed by atoms with Gasteiger partial charge in [-0.3, -0.25) is 9.78 Å². The fourth-order valence-electron chi connectivity index (χ4n) is 2.63. The third-order valence-corrected chi connectivity index (χ3v) is 4.04. The number of aromatic nitrogens is 2. The summed E-state index contributed by atoms with van der Waals surface area (Å²) in [5, 5.41) is 6.10. The molecule has 7 heteroatoms. The summed E-state index contributed by atoms with van der Waals surface area (Å²) in [6.07, 6.45) is 5.08. The largest absolute Gasteiger partial charge is 0.376 e. The van der Waals surface area contributed by atoms with E-state index in [0.29, 0.717) is 44.3 Å². The number of nitrogens with zero attached hydrogens (tertiary/aromatic N) is 2. The highest BCUT2D eigenvalue weighted by Gasteiger charge is 2.14. The molecule has 7 nitrogen and oxygen atoms in total. The van der Waals surface area contributed by atoms with Gasteiger partial charge in [0.15, 0.2) is 0 Å². The van der Waals surface area contributed by atoms with Crippen LogP contribution in [0, 0.1) is 0 Å². The third kappa shape index (κ3) is 5.79. The first-order valence-corrected chi connectivity index (χ1v) is 8.88. The van der Waals surface area contributed by atoms with E-state index in [-0.39, 0.29) is 12.0 Å². The highest BCUT2D eigenvalue weighted by atomic mass is 16.6. The number of amides is 1. The first-order chi connectivity index (χ1) is 12.8. The van der Waals surface area contributed by atoms with Gasteiger partial charge < -0.3 is 20.1 Å². The van der Waals surface area contributed by atoms with Crippen molar-refractivity contribution in [1.82, 2.24) is 15.3 Å². The molecular formula is C19H24N4O3. The van der Waals surface area contributed by atoms with Crippen LogP contribution in [0.25, 0.3) is 0 Å². The molecule has 3 heterocycles. The quantitative estimate of drug-likeness (QED) is 0.700. The zero-order valence-electron chi connectivity index (χ0n) is 14.7. The molecule has 1 aliphatic rings. The normalized spacial score (nSPS) is 16.8. The molecule has 0 aliphatic carbocycles.